The minimum Gasteiger partial charge on any atom is -0.370 e. The summed E-state index contributed by atoms with van der Waals surface area (Å²) >= 11 is 0. The predicted octanol–water partition coefficient (Wildman–Crippen LogP) is 2.99. The van der Waals surface area contributed by atoms with E-state index in [1.54, 1.807) is 0 Å². The summed E-state index contributed by atoms with van der Waals surface area (Å²) in [6, 6.07) is 8.89. The van der Waals surface area contributed by atoms with Crippen molar-refractivity contribution in [2.45, 2.75) is 39.8 Å². The molecule has 0 bridgehead atoms. The first kappa shape index (κ1) is 22.4. The Morgan fingerprint density at radius 3 is 2.11 bits per heavy atom. The molecule has 27 heavy (non-hydrogen) atoms. The van der Waals surface area contributed by atoms with Crippen molar-refractivity contribution in [2.24, 2.45) is 16.6 Å². The van der Waals surface area contributed by atoms with Crippen LogP contribution in [0.3, 0.4) is 0 Å². The molecule has 5 nitrogen and oxygen atoms in total. The van der Waals surface area contributed by atoms with Crippen molar-refractivity contribution in [1.29, 1.82) is 0 Å². The van der Waals surface area contributed by atoms with E-state index in [0.717, 1.165) is 25.6 Å². The zero-order valence-electron chi connectivity index (χ0n) is 16.9. The molecule has 0 saturated carbocycles. The van der Waals surface area contributed by atoms with Crippen molar-refractivity contribution in [2.75, 3.05) is 45.8 Å². The SMILES string of the molecule is CCN1CCN(Cc2ccc(CN=C(N)N3CCC(C)CC3)cc2)CC1.I. The van der Waals surface area contributed by atoms with Crippen LogP contribution in [0.25, 0.3) is 0 Å². The quantitative estimate of drug-likeness (QED) is 0.396. The maximum absolute atomic E-state index is 6.18. The van der Waals surface area contributed by atoms with E-state index < -0.39 is 0 Å². The van der Waals surface area contributed by atoms with Gasteiger partial charge in [0.1, 0.15) is 0 Å². The molecular formula is C21H36IN5. The number of rotatable bonds is 5. The third-order valence-corrected chi connectivity index (χ3v) is 5.87. The van der Waals surface area contributed by atoms with Gasteiger partial charge in [0.05, 0.1) is 6.54 Å². The Labute approximate surface area is 182 Å². The van der Waals surface area contributed by atoms with Gasteiger partial charge in [-0.1, -0.05) is 38.1 Å². The van der Waals surface area contributed by atoms with Gasteiger partial charge in [-0.25, -0.2) is 4.99 Å². The minimum absolute atomic E-state index is 0. The molecule has 0 spiro atoms. The lowest BCUT2D eigenvalue weighted by atomic mass is 10.00. The van der Waals surface area contributed by atoms with Crippen LogP contribution >= 0.6 is 24.0 Å². The number of likely N-dealkylation sites (tertiary alicyclic amines) is 1. The van der Waals surface area contributed by atoms with Crippen molar-refractivity contribution < 1.29 is 0 Å². The van der Waals surface area contributed by atoms with E-state index in [2.05, 4.69) is 57.8 Å². The Morgan fingerprint density at radius 2 is 1.52 bits per heavy atom. The van der Waals surface area contributed by atoms with Gasteiger partial charge in [0.2, 0.25) is 0 Å². The molecular weight excluding hydrogens is 449 g/mol. The maximum atomic E-state index is 6.18. The van der Waals surface area contributed by atoms with Crippen molar-refractivity contribution >= 4 is 29.9 Å². The number of hydrogen-bond donors (Lipinski definition) is 1. The van der Waals surface area contributed by atoms with E-state index in [4.69, 9.17) is 5.73 Å². The molecule has 0 atom stereocenters. The van der Waals surface area contributed by atoms with Gasteiger partial charge in [0.15, 0.2) is 5.96 Å². The van der Waals surface area contributed by atoms with Gasteiger partial charge in [0, 0.05) is 45.8 Å². The lowest BCUT2D eigenvalue weighted by Crippen LogP contribution is -2.45. The molecule has 2 heterocycles. The number of hydrogen-bond acceptors (Lipinski definition) is 3. The number of likely N-dealkylation sites (N-methyl/N-ethyl adjacent to an activating group) is 1. The Balaban J connectivity index is 0.00000261. The van der Waals surface area contributed by atoms with E-state index in [0.29, 0.717) is 12.5 Å². The van der Waals surface area contributed by atoms with Gasteiger partial charge in [0.25, 0.3) is 0 Å². The Morgan fingerprint density at radius 1 is 0.963 bits per heavy atom. The summed E-state index contributed by atoms with van der Waals surface area (Å²) in [5, 5.41) is 0. The van der Waals surface area contributed by atoms with E-state index in [1.165, 1.54) is 56.7 Å². The molecule has 3 rings (SSSR count). The van der Waals surface area contributed by atoms with Crippen LogP contribution in [-0.2, 0) is 13.1 Å². The highest BCUT2D eigenvalue weighted by Gasteiger charge is 2.17. The summed E-state index contributed by atoms with van der Waals surface area (Å²) in [7, 11) is 0. The Bertz CT molecular complexity index is 573. The van der Waals surface area contributed by atoms with Gasteiger partial charge < -0.3 is 15.5 Å². The fraction of sp³-hybridized carbons (Fsp3) is 0.667. The zero-order chi connectivity index (χ0) is 18.4. The average molecular weight is 485 g/mol. The molecule has 0 aliphatic carbocycles. The van der Waals surface area contributed by atoms with E-state index in [1.807, 2.05) is 0 Å². The van der Waals surface area contributed by atoms with Crippen LogP contribution in [0.15, 0.2) is 29.3 Å². The molecule has 2 fully saturated rings. The molecule has 0 amide bonds. The molecule has 6 heteroatoms. The van der Waals surface area contributed by atoms with Gasteiger partial charge in [-0.05, 0) is 36.4 Å². The second kappa shape index (κ2) is 11.2. The number of aliphatic imine (C=N–C) groups is 1. The Kier molecular flexibility index (Phi) is 9.32. The fourth-order valence-electron chi connectivity index (χ4n) is 3.78. The molecule has 0 unspecified atom stereocenters. The molecule has 2 N–H and O–H groups in total. The lowest BCUT2D eigenvalue weighted by Gasteiger charge is -2.34. The first-order chi connectivity index (χ1) is 12.6. The van der Waals surface area contributed by atoms with Gasteiger partial charge in [-0.15, -0.1) is 24.0 Å². The zero-order valence-corrected chi connectivity index (χ0v) is 19.3. The molecule has 2 saturated heterocycles. The van der Waals surface area contributed by atoms with Crippen LogP contribution in [0.2, 0.25) is 0 Å². The third-order valence-electron chi connectivity index (χ3n) is 5.87. The average Bonchev–Trinajstić information content (AvgIpc) is 2.68. The van der Waals surface area contributed by atoms with Gasteiger partial charge in [-0.2, -0.15) is 0 Å². The smallest absolute Gasteiger partial charge is 0.191 e. The molecule has 0 aromatic heterocycles. The van der Waals surface area contributed by atoms with Gasteiger partial charge in [-0.3, -0.25) is 4.90 Å². The number of guanidine groups is 1. The normalized spacial score (nSPS) is 20.5. The van der Waals surface area contributed by atoms with Crippen LogP contribution < -0.4 is 5.73 Å². The minimum atomic E-state index is 0. The van der Waals surface area contributed by atoms with Gasteiger partial charge >= 0.3 is 0 Å². The number of nitrogens with zero attached hydrogens (tertiary/aromatic N) is 4. The second-order valence-electron chi connectivity index (χ2n) is 7.87. The predicted molar refractivity (Wildman–Crippen MR) is 125 cm³/mol. The highest BCUT2D eigenvalue weighted by molar-refractivity contribution is 14.0. The topological polar surface area (TPSA) is 48.1 Å². The standard InChI is InChI=1S/C21H35N5.HI/c1-3-24-12-14-25(15-13-24)17-20-6-4-19(5-7-20)16-23-21(22)26-10-8-18(2)9-11-26;/h4-7,18H,3,8-17H2,1-2H3,(H2,22,23);1H. The molecule has 2 aliphatic rings. The highest BCUT2D eigenvalue weighted by atomic mass is 127. The highest BCUT2D eigenvalue weighted by Crippen LogP contribution is 2.16. The number of benzene rings is 1. The van der Waals surface area contributed by atoms with Crippen molar-refractivity contribution in [3.63, 3.8) is 0 Å². The van der Waals surface area contributed by atoms with Crippen LogP contribution in [0.4, 0.5) is 0 Å². The van der Waals surface area contributed by atoms with Crippen LogP contribution in [-0.4, -0.2) is 66.5 Å². The number of piperidine rings is 1. The monoisotopic (exact) mass is 485 g/mol. The molecule has 2 aliphatic heterocycles. The Hall–Kier alpha value is -0.860. The lowest BCUT2D eigenvalue weighted by molar-refractivity contribution is 0.132. The van der Waals surface area contributed by atoms with Crippen LogP contribution in [0.5, 0.6) is 0 Å². The van der Waals surface area contributed by atoms with E-state index >= 15 is 0 Å². The summed E-state index contributed by atoms with van der Waals surface area (Å²) in [4.78, 5) is 11.9. The summed E-state index contributed by atoms with van der Waals surface area (Å²) in [6.07, 6.45) is 2.44. The molecule has 1 aromatic rings. The first-order valence-electron chi connectivity index (χ1n) is 10.2. The first-order valence-corrected chi connectivity index (χ1v) is 10.2. The number of nitrogens with two attached hydrogens (primary N) is 1. The number of piperazine rings is 1. The summed E-state index contributed by atoms with van der Waals surface area (Å²) in [6.45, 7) is 14.3. The molecule has 0 radical (unpaired) electrons. The molecule has 1 aromatic carbocycles. The van der Waals surface area contributed by atoms with Crippen molar-refractivity contribution in [3.05, 3.63) is 35.4 Å². The summed E-state index contributed by atoms with van der Waals surface area (Å²) < 4.78 is 0. The largest absolute Gasteiger partial charge is 0.370 e. The second-order valence-corrected chi connectivity index (χ2v) is 7.87. The fourth-order valence-corrected chi connectivity index (χ4v) is 3.78. The van der Waals surface area contributed by atoms with Crippen LogP contribution in [0, 0.1) is 5.92 Å². The third kappa shape index (κ3) is 6.91. The maximum Gasteiger partial charge on any atom is 0.191 e. The summed E-state index contributed by atoms with van der Waals surface area (Å²) in [5.41, 5.74) is 8.81. The number of halogens is 1. The van der Waals surface area contributed by atoms with Crippen LogP contribution in [0.1, 0.15) is 37.8 Å². The summed E-state index contributed by atoms with van der Waals surface area (Å²) in [5.74, 6) is 1.52. The van der Waals surface area contributed by atoms with E-state index in [-0.39, 0.29) is 24.0 Å². The van der Waals surface area contributed by atoms with Crippen molar-refractivity contribution in [1.82, 2.24) is 14.7 Å². The van der Waals surface area contributed by atoms with Crippen molar-refractivity contribution in [3.8, 4) is 0 Å². The van der Waals surface area contributed by atoms with E-state index in [9.17, 15) is 0 Å². The molecule has 152 valence electrons.